The molecule has 3 nitrogen and oxygen atoms in total. The zero-order valence-electron chi connectivity index (χ0n) is 18.4. The fourth-order valence-corrected chi connectivity index (χ4v) is 4.43. The molecule has 0 saturated carbocycles. The molecule has 0 bridgehead atoms. The Hall–Kier alpha value is -1.85. The van der Waals surface area contributed by atoms with Gasteiger partial charge in [-0.05, 0) is 83.4 Å². The van der Waals surface area contributed by atoms with Crippen molar-refractivity contribution in [2.45, 2.75) is 46.1 Å². The average molecular weight is 511 g/mol. The molecule has 2 rings (SSSR count). The highest BCUT2D eigenvalue weighted by atomic mass is 79.9. The van der Waals surface area contributed by atoms with Gasteiger partial charge in [-0.15, -0.1) is 0 Å². The minimum absolute atomic E-state index is 0.158. The molecule has 0 fully saturated rings. The highest BCUT2D eigenvalue weighted by molar-refractivity contribution is 9.10. The van der Waals surface area contributed by atoms with Gasteiger partial charge in [0, 0.05) is 35.1 Å². The Morgan fingerprint density at radius 3 is 2.61 bits per heavy atom. The van der Waals surface area contributed by atoms with Crippen molar-refractivity contribution in [1.29, 1.82) is 0 Å². The fourth-order valence-electron chi connectivity index (χ4n) is 3.57. The van der Waals surface area contributed by atoms with Crippen molar-refractivity contribution in [3.8, 4) is 0 Å². The number of benzene rings is 2. The molecule has 168 valence electrons. The molecule has 31 heavy (non-hydrogen) atoms. The molecule has 0 aliphatic heterocycles. The number of hydrogen-bond acceptors (Lipinski definition) is 3. The second-order valence-electron chi connectivity index (χ2n) is 7.88. The Morgan fingerprint density at radius 1 is 1.29 bits per heavy atom. The molecular formula is C25H30BrClFNO2. The van der Waals surface area contributed by atoms with Crippen molar-refractivity contribution in [2.75, 3.05) is 18.6 Å². The Balaban J connectivity index is 2.08. The third-order valence-electron chi connectivity index (χ3n) is 5.12. The van der Waals surface area contributed by atoms with Crippen molar-refractivity contribution < 1.29 is 13.9 Å². The van der Waals surface area contributed by atoms with Crippen LogP contribution in [0.3, 0.4) is 0 Å². The topological polar surface area (TPSA) is 29.5 Å². The molecule has 1 atom stereocenters. The van der Waals surface area contributed by atoms with Crippen LogP contribution in [0, 0.1) is 11.7 Å². The average Bonchev–Trinajstić information content (AvgIpc) is 2.69. The van der Waals surface area contributed by atoms with Crippen molar-refractivity contribution >= 4 is 44.8 Å². The molecule has 0 radical (unpaired) electrons. The number of carbonyl (C=O) groups excluding carboxylic acids is 1. The van der Waals surface area contributed by atoms with E-state index in [1.165, 1.54) is 6.07 Å². The second kappa shape index (κ2) is 12.3. The number of halogens is 3. The van der Waals surface area contributed by atoms with Crippen LogP contribution < -0.4 is 4.90 Å². The third-order valence-corrected chi connectivity index (χ3v) is 5.98. The molecule has 2 aromatic rings. The van der Waals surface area contributed by atoms with Crippen LogP contribution in [0.4, 0.5) is 10.1 Å². The lowest BCUT2D eigenvalue weighted by molar-refractivity contribution is -0.144. The van der Waals surface area contributed by atoms with E-state index in [-0.39, 0.29) is 17.7 Å². The number of hydrogen-bond donors (Lipinski definition) is 0. The SMILES string of the molecule is C=C(CCCC(C)CC(=O)OCC)c1cc(F)cc(Br)c1N(C)Cc1ccc(Cl)cc1. The van der Waals surface area contributed by atoms with Crippen molar-refractivity contribution in [1.82, 2.24) is 0 Å². The van der Waals surface area contributed by atoms with E-state index in [4.69, 9.17) is 16.3 Å². The van der Waals surface area contributed by atoms with Gasteiger partial charge in [-0.2, -0.15) is 0 Å². The summed E-state index contributed by atoms with van der Waals surface area (Å²) in [5, 5.41) is 0.695. The summed E-state index contributed by atoms with van der Waals surface area (Å²) in [6.45, 7) is 9.15. The largest absolute Gasteiger partial charge is 0.466 e. The lowest BCUT2D eigenvalue weighted by Crippen LogP contribution is -2.18. The lowest BCUT2D eigenvalue weighted by Gasteiger charge is -2.25. The predicted molar refractivity (Wildman–Crippen MR) is 131 cm³/mol. The van der Waals surface area contributed by atoms with Crippen LogP contribution in [-0.2, 0) is 16.1 Å². The first kappa shape index (κ1) is 25.4. The van der Waals surface area contributed by atoms with Crippen LogP contribution in [0.2, 0.25) is 5.02 Å². The number of esters is 1. The molecule has 0 saturated heterocycles. The Morgan fingerprint density at radius 2 is 1.97 bits per heavy atom. The van der Waals surface area contributed by atoms with Gasteiger partial charge in [0.1, 0.15) is 5.82 Å². The molecule has 0 aromatic heterocycles. The first-order chi connectivity index (χ1) is 14.7. The zero-order chi connectivity index (χ0) is 23.0. The molecular weight excluding hydrogens is 481 g/mol. The van der Waals surface area contributed by atoms with Crippen LogP contribution in [0.15, 0.2) is 47.4 Å². The van der Waals surface area contributed by atoms with Gasteiger partial charge >= 0.3 is 5.97 Å². The summed E-state index contributed by atoms with van der Waals surface area (Å²) in [6, 6.07) is 10.7. The number of rotatable bonds is 11. The summed E-state index contributed by atoms with van der Waals surface area (Å²) in [6.07, 6.45) is 2.89. The maximum atomic E-state index is 14.2. The van der Waals surface area contributed by atoms with Gasteiger partial charge in [0.25, 0.3) is 0 Å². The third kappa shape index (κ3) is 7.97. The summed E-state index contributed by atoms with van der Waals surface area (Å²) < 4.78 is 19.9. The Labute approximate surface area is 198 Å². The van der Waals surface area contributed by atoms with Gasteiger partial charge < -0.3 is 9.64 Å². The van der Waals surface area contributed by atoms with Gasteiger partial charge in [0.2, 0.25) is 0 Å². The molecule has 2 aromatic carbocycles. The van der Waals surface area contributed by atoms with Crippen molar-refractivity contribution in [3.63, 3.8) is 0 Å². The summed E-state index contributed by atoms with van der Waals surface area (Å²) in [5.41, 5.74) is 3.68. The van der Waals surface area contributed by atoms with E-state index in [2.05, 4.69) is 27.4 Å². The monoisotopic (exact) mass is 509 g/mol. The van der Waals surface area contributed by atoms with Gasteiger partial charge in [-0.3, -0.25) is 4.79 Å². The van der Waals surface area contributed by atoms with E-state index in [9.17, 15) is 9.18 Å². The standard InChI is InChI=1S/C25H30BrClFNO2/c1-5-31-24(30)13-17(2)7-6-8-18(3)22-14-21(28)15-23(26)25(22)29(4)16-19-9-11-20(27)12-10-19/h9-12,14-15,17H,3,5-8,13,16H2,1-2,4H3. The molecule has 0 spiro atoms. The van der Waals surface area contributed by atoms with E-state index < -0.39 is 0 Å². The Bertz CT molecular complexity index is 901. The molecule has 6 heteroatoms. The van der Waals surface area contributed by atoms with Gasteiger partial charge in [0.15, 0.2) is 0 Å². The lowest BCUT2D eigenvalue weighted by atomic mass is 9.95. The number of anilines is 1. The Kier molecular flexibility index (Phi) is 10.0. The highest BCUT2D eigenvalue weighted by Crippen LogP contribution is 2.37. The van der Waals surface area contributed by atoms with E-state index in [0.717, 1.165) is 41.6 Å². The first-order valence-corrected chi connectivity index (χ1v) is 11.7. The van der Waals surface area contributed by atoms with E-state index in [0.29, 0.717) is 29.1 Å². The normalized spacial score (nSPS) is 11.8. The van der Waals surface area contributed by atoms with E-state index >= 15 is 0 Å². The number of allylic oxidation sites excluding steroid dienone is 1. The number of carbonyl (C=O) groups is 1. The zero-order valence-corrected chi connectivity index (χ0v) is 20.7. The van der Waals surface area contributed by atoms with E-state index in [1.807, 2.05) is 45.2 Å². The molecule has 0 heterocycles. The molecule has 0 aliphatic carbocycles. The number of ether oxygens (including phenoxy) is 1. The minimum atomic E-state index is -0.303. The van der Waals surface area contributed by atoms with Gasteiger partial charge in [-0.1, -0.05) is 37.2 Å². The summed E-state index contributed by atoms with van der Waals surface area (Å²) >= 11 is 9.52. The van der Waals surface area contributed by atoms with E-state index in [1.54, 1.807) is 6.07 Å². The van der Waals surface area contributed by atoms with Crippen LogP contribution in [0.25, 0.3) is 5.57 Å². The molecule has 0 amide bonds. The summed E-state index contributed by atoms with van der Waals surface area (Å²) in [7, 11) is 1.98. The van der Waals surface area contributed by atoms with Crippen LogP contribution in [0.5, 0.6) is 0 Å². The van der Waals surface area contributed by atoms with Crippen molar-refractivity contribution in [2.24, 2.45) is 5.92 Å². The minimum Gasteiger partial charge on any atom is -0.466 e. The molecule has 0 aliphatic rings. The van der Waals surface area contributed by atoms with Gasteiger partial charge in [0.05, 0.1) is 12.3 Å². The maximum Gasteiger partial charge on any atom is 0.306 e. The number of nitrogens with zero attached hydrogens (tertiary/aromatic N) is 1. The van der Waals surface area contributed by atoms with Crippen LogP contribution in [0.1, 0.15) is 50.7 Å². The summed E-state index contributed by atoms with van der Waals surface area (Å²) in [4.78, 5) is 13.7. The van der Waals surface area contributed by atoms with Crippen LogP contribution in [-0.4, -0.2) is 19.6 Å². The summed E-state index contributed by atoms with van der Waals surface area (Å²) in [5.74, 6) is -0.227. The highest BCUT2D eigenvalue weighted by Gasteiger charge is 2.17. The fraction of sp³-hybridized carbons (Fsp3) is 0.400. The molecule has 0 N–H and O–H groups in total. The van der Waals surface area contributed by atoms with Crippen molar-refractivity contribution in [3.05, 3.63) is 69.4 Å². The first-order valence-electron chi connectivity index (χ1n) is 10.5. The smallest absolute Gasteiger partial charge is 0.306 e. The second-order valence-corrected chi connectivity index (χ2v) is 9.17. The van der Waals surface area contributed by atoms with Crippen LogP contribution >= 0.6 is 27.5 Å². The van der Waals surface area contributed by atoms with Gasteiger partial charge in [-0.25, -0.2) is 4.39 Å². The maximum absolute atomic E-state index is 14.2. The molecule has 1 unspecified atom stereocenters. The predicted octanol–water partition coefficient (Wildman–Crippen LogP) is 7.65. The quantitative estimate of drug-likeness (QED) is 0.291.